The molecule has 2 N–H and O–H groups in total. The maximum atomic E-state index is 5.93. The van der Waals surface area contributed by atoms with E-state index in [1.807, 2.05) is 23.1 Å². The molecule has 0 bridgehead atoms. The van der Waals surface area contributed by atoms with Crippen LogP contribution in [0.15, 0.2) is 11.4 Å². The number of hydrogen-bond donors (Lipinski definition) is 1. The molecule has 1 unspecified atom stereocenters. The number of thioether (sulfide) groups is 1. The summed E-state index contributed by atoms with van der Waals surface area (Å²) in [6.45, 7) is 5.31. The Labute approximate surface area is 113 Å². The van der Waals surface area contributed by atoms with Gasteiger partial charge in [0, 0.05) is 30.6 Å². The van der Waals surface area contributed by atoms with Crippen LogP contribution >= 0.6 is 23.1 Å². The molecule has 2 rings (SSSR count). The van der Waals surface area contributed by atoms with Crippen LogP contribution in [0.25, 0.3) is 0 Å². The van der Waals surface area contributed by atoms with Gasteiger partial charge in [-0.05, 0) is 41.4 Å². The summed E-state index contributed by atoms with van der Waals surface area (Å²) in [6, 6.07) is 2.85. The summed E-state index contributed by atoms with van der Waals surface area (Å²) in [7, 11) is 0. The lowest BCUT2D eigenvalue weighted by molar-refractivity contribution is 0.180. The van der Waals surface area contributed by atoms with Gasteiger partial charge in [0.25, 0.3) is 0 Å². The summed E-state index contributed by atoms with van der Waals surface area (Å²) >= 11 is 3.93. The molecule has 0 amide bonds. The van der Waals surface area contributed by atoms with Crippen LogP contribution in [-0.4, -0.2) is 35.5 Å². The predicted octanol–water partition coefficient (Wildman–Crippen LogP) is 2.58. The van der Waals surface area contributed by atoms with E-state index >= 15 is 0 Å². The van der Waals surface area contributed by atoms with Crippen molar-refractivity contribution in [2.75, 3.05) is 24.6 Å². The van der Waals surface area contributed by atoms with E-state index in [1.165, 1.54) is 36.5 Å². The van der Waals surface area contributed by atoms with Gasteiger partial charge in [-0.15, -0.1) is 11.3 Å². The third-order valence-corrected chi connectivity index (χ3v) is 5.38. The molecule has 1 aromatic heterocycles. The van der Waals surface area contributed by atoms with Gasteiger partial charge in [0.05, 0.1) is 0 Å². The number of rotatable bonds is 6. The molecule has 0 fully saturated rings. The van der Waals surface area contributed by atoms with Gasteiger partial charge in [-0.3, -0.25) is 4.90 Å². The fraction of sp³-hybridized carbons (Fsp3) is 0.692. The van der Waals surface area contributed by atoms with Crippen molar-refractivity contribution in [2.45, 2.75) is 32.4 Å². The van der Waals surface area contributed by atoms with E-state index < -0.39 is 0 Å². The van der Waals surface area contributed by atoms with Crippen molar-refractivity contribution in [3.8, 4) is 0 Å². The lowest BCUT2D eigenvalue weighted by Gasteiger charge is -2.34. The summed E-state index contributed by atoms with van der Waals surface area (Å²) in [6.07, 6.45) is 2.44. The van der Waals surface area contributed by atoms with Crippen molar-refractivity contribution in [1.29, 1.82) is 0 Å². The zero-order valence-corrected chi connectivity index (χ0v) is 12.2. The van der Waals surface area contributed by atoms with Crippen LogP contribution in [0.1, 0.15) is 23.8 Å². The normalized spacial score (nSPS) is 18.0. The number of thiophene rings is 1. The predicted molar refractivity (Wildman–Crippen MR) is 78.9 cm³/mol. The van der Waals surface area contributed by atoms with Gasteiger partial charge in [-0.25, -0.2) is 0 Å². The van der Waals surface area contributed by atoms with Crippen molar-refractivity contribution < 1.29 is 0 Å². The Morgan fingerprint density at radius 2 is 2.47 bits per heavy atom. The molecule has 1 aliphatic heterocycles. The third-order valence-electron chi connectivity index (χ3n) is 3.43. The standard InChI is InChI=1S/C13H22N2S2/c1-2-16-7-5-12(9-14)15-6-3-13-11(10-15)4-8-17-13/h4,8,12H,2-3,5-7,9-10,14H2,1H3. The summed E-state index contributed by atoms with van der Waals surface area (Å²) in [5.74, 6) is 2.46. The minimum absolute atomic E-state index is 0.571. The van der Waals surface area contributed by atoms with Crippen LogP contribution in [0.4, 0.5) is 0 Å². The number of hydrogen-bond acceptors (Lipinski definition) is 4. The zero-order valence-electron chi connectivity index (χ0n) is 10.5. The van der Waals surface area contributed by atoms with Gasteiger partial charge in [-0.1, -0.05) is 6.92 Å². The Kier molecular flexibility index (Phi) is 5.35. The van der Waals surface area contributed by atoms with E-state index in [4.69, 9.17) is 5.73 Å². The Morgan fingerprint density at radius 3 is 3.24 bits per heavy atom. The molecule has 17 heavy (non-hydrogen) atoms. The lowest BCUT2D eigenvalue weighted by atomic mass is 10.1. The second-order valence-corrected chi connectivity index (χ2v) is 6.86. The molecular formula is C13H22N2S2. The maximum Gasteiger partial charge on any atom is 0.0248 e. The van der Waals surface area contributed by atoms with E-state index in [1.54, 1.807) is 4.88 Å². The van der Waals surface area contributed by atoms with E-state index in [9.17, 15) is 0 Å². The van der Waals surface area contributed by atoms with E-state index in [-0.39, 0.29) is 0 Å². The van der Waals surface area contributed by atoms with Gasteiger partial charge in [0.2, 0.25) is 0 Å². The summed E-state index contributed by atoms with van der Waals surface area (Å²) in [5, 5.41) is 2.22. The summed E-state index contributed by atoms with van der Waals surface area (Å²) in [4.78, 5) is 4.16. The Balaban J connectivity index is 1.88. The Morgan fingerprint density at radius 1 is 1.59 bits per heavy atom. The quantitative estimate of drug-likeness (QED) is 0.806. The molecule has 0 aliphatic carbocycles. The van der Waals surface area contributed by atoms with Crippen LogP contribution in [0.3, 0.4) is 0 Å². The highest BCUT2D eigenvalue weighted by molar-refractivity contribution is 7.99. The molecular weight excluding hydrogens is 248 g/mol. The Hall–Kier alpha value is -0.0300. The van der Waals surface area contributed by atoms with Crippen molar-refractivity contribution >= 4 is 23.1 Å². The molecule has 0 saturated heterocycles. The first-order valence-electron chi connectivity index (χ1n) is 6.42. The molecule has 4 heteroatoms. The molecule has 0 spiro atoms. The number of nitrogens with zero attached hydrogens (tertiary/aromatic N) is 1. The fourth-order valence-electron chi connectivity index (χ4n) is 2.40. The second-order valence-electron chi connectivity index (χ2n) is 4.46. The second kappa shape index (κ2) is 6.78. The van der Waals surface area contributed by atoms with Crippen molar-refractivity contribution in [3.05, 3.63) is 21.9 Å². The number of fused-ring (bicyclic) bond motifs is 1. The number of nitrogens with two attached hydrogens (primary N) is 1. The molecule has 1 aromatic rings. The molecule has 1 atom stereocenters. The topological polar surface area (TPSA) is 29.3 Å². The lowest BCUT2D eigenvalue weighted by Crippen LogP contribution is -2.43. The zero-order chi connectivity index (χ0) is 12.1. The Bertz CT molecular complexity index is 338. The van der Waals surface area contributed by atoms with Crippen LogP contribution < -0.4 is 5.73 Å². The summed E-state index contributed by atoms with van der Waals surface area (Å²) < 4.78 is 0. The SMILES string of the molecule is CCSCCC(CN)N1CCc2sccc2C1. The van der Waals surface area contributed by atoms with Gasteiger partial charge in [0.15, 0.2) is 0 Å². The van der Waals surface area contributed by atoms with E-state index in [0.29, 0.717) is 6.04 Å². The van der Waals surface area contributed by atoms with Gasteiger partial charge in [-0.2, -0.15) is 11.8 Å². The monoisotopic (exact) mass is 270 g/mol. The third kappa shape index (κ3) is 3.47. The first-order valence-corrected chi connectivity index (χ1v) is 8.45. The first kappa shape index (κ1) is 13.4. The molecule has 2 heterocycles. The van der Waals surface area contributed by atoms with Gasteiger partial charge in [0.1, 0.15) is 0 Å². The highest BCUT2D eigenvalue weighted by atomic mass is 32.2. The molecule has 0 saturated carbocycles. The van der Waals surface area contributed by atoms with E-state index in [2.05, 4.69) is 23.3 Å². The fourth-order valence-corrected chi connectivity index (χ4v) is 4.01. The largest absolute Gasteiger partial charge is 0.329 e. The maximum absolute atomic E-state index is 5.93. The average Bonchev–Trinajstić information content (AvgIpc) is 2.82. The minimum Gasteiger partial charge on any atom is -0.329 e. The smallest absolute Gasteiger partial charge is 0.0248 e. The minimum atomic E-state index is 0.571. The molecule has 2 nitrogen and oxygen atoms in total. The molecule has 0 radical (unpaired) electrons. The van der Waals surface area contributed by atoms with Crippen LogP contribution in [0, 0.1) is 0 Å². The van der Waals surface area contributed by atoms with Crippen LogP contribution in [0.2, 0.25) is 0 Å². The van der Waals surface area contributed by atoms with E-state index in [0.717, 1.165) is 13.1 Å². The van der Waals surface area contributed by atoms with Gasteiger partial charge < -0.3 is 5.73 Å². The highest BCUT2D eigenvalue weighted by Gasteiger charge is 2.22. The average molecular weight is 270 g/mol. The molecule has 96 valence electrons. The van der Waals surface area contributed by atoms with Crippen LogP contribution in [0.5, 0.6) is 0 Å². The van der Waals surface area contributed by atoms with Crippen molar-refractivity contribution in [2.24, 2.45) is 5.73 Å². The van der Waals surface area contributed by atoms with Crippen molar-refractivity contribution in [1.82, 2.24) is 4.90 Å². The van der Waals surface area contributed by atoms with Crippen LogP contribution in [-0.2, 0) is 13.0 Å². The summed E-state index contributed by atoms with van der Waals surface area (Å²) in [5.41, 5.74) is 7.46. The first-order chi connectivity index (χ1) is 8.35. The highest BCUT2D eigenvalue weighted by Crippen LogP contribution is 2.25. The molecule has 0 aromatic carbocycles. The van der Waals surface area contributed by atoms with Crippen molar-refractivity contribution in [3.63, 3.8) is 0 Å². The van der Waals surface area contributed by atoms with Gasteiger partial charge >= 0.3 is 0 Å². The molecule has 1 aliphatic rings.